The molecule has 2 aromatic heterocycles. The molecule has 0 aromatic carbocycles. The minimum absolute atomic E-state index is 0.153. The van der Waals surface area contributed by atoms with E-state index in [0.29, 0.717) is 12.3 Å². The second-order valence-corrected chi connectivity index (χ2v) is 4.65. The van der Waals surface area contributed by atoms with Crippen molar-refractivity contribution in [3.8, 4) is 0 Å². The van der Waals surface area contributed by atoms with Crippen LogP contribution in [0.1, 0.15) is 17.4 Å². The fourth-order valence-corrected chi connectivity index (χ4v) is 2.20. The van der Waals surface area contributed by atoms with Gasteiger partial charge in [-0.05, 0) is 40.6 Å². The molecule has 0 bridgehead atoms. The van der Waals surface area contributed by atoms with Crippen molar-refractivity contribution in [1.82, 2.24) is 5.32 Å². The molecule has 0 radical (unpaired) electrons. The van der Waals surface area contributed by atoms with E-state index in [-0.39, 0.29) is 12.0 Å². The summed E-state index contributed by atoms with van der Waals surface area (Å²) in [6.45, 7) is 0.372. The Kier molecular flexibility index (Phi) is 4.94. The smallest absolute Gasteiger partial charge is 0.244 e. The SMILES string of the molecule is COC(CNC(=O)/C=C/c1ccsc1)c1ccco1. The van der Waals surface area contributed by atoms with E-state index in [0.717, 1.165) is 5.56 Å². The first-order valence-electron chi connectivity index (χ1n) is 5.84. The number of rotatable bonds is 6. The van der Waals surface area contributed by atoms with E-state index in [1.54, 1.807) is 36.9 Å². The van der Waals surface area contributed by atoms with Crippen molar-refractivity contribution in [3.63, 3.8) is 0 Å². The topological polar surface area (TPSA) is 51.5 Å². The van der Waals surface area contributed by atoms with Crippen molar-refractivity contribution in [2.24, 2.45) is 0 Å². The summed E-state index contributed by atoms with van der Waals surface area (Å²) < 4.78 is 10.5. The summed E-state index contributed by atoms with van der Waals surface area (Å²) in [7, 11) is 1.58. The van der Waals surface area contributed by atoms with Gasteiger partial charge in [-0.1, -0.05) is 0 Å². The normalized spacial score (nSPS) is 12.7. The van der Waals surface area contributed by atoms with Gasteiger partial charge in [0.25, 0.3) is 0 Å². The van der Waals surface area contributed by atoms with E-state index in [9.17, 15) is 4.79 Å². The Morgan fingerprint density at radius 3 is 3.11 bits per heavy atom. The molecular weight excluding hydrogens is 262 g/mol. The second kappa shape index (κ2) is 6.92. The molecule has 1 N–H and O–H groups in total. The van der Waals surface area contributed by atoms with Gasteiger partial charge < -0.3 is 14.5 Å². The first kappa shape index (κ1) is 13.6. The molecule has 0 aliphatic rings. The number of furan rings is 1. The zero-order valence-electron chi connectivity index (χ0n) is 10.5. The lowest BCUT2D eigenvalue weighted by atomic mass is 10.2. The average Bonchev–Trinajstić information content (AvgIpc) is 3.10. The van der Waals surface area contributed by atoms with Gasteiger partial charge in [0.15, 0.2) is 0 Å². The van der Waals surface area contributed by atoms with Crippen molar-refractivity contribution in [1.29, 1.82) is 0 Å². The number of thiophene rings is 1. The highest BCUT2D eigenvalue weighted by molar-refractivity contribution is 7.08. The average molecular weight is 277 g/mol. The Balaban J connectivity index is 1.82. The van der Waals surface area contributed by atoms with E-state index in [1.165, 1.54) is 6.08 Å². The molecule has 4 nitrogen and oxygen atoms in total. The molecule has 5 heteroatoms. The molecular formula is C14H15NO3S. The molecule has 0 spiro atoms. The van der Waals surface area contributed by atoms with Crippen molar-refractivity contribution in [2.75, 3.05) is 13.7 Å². The van der Waals surface area contributed by atoms with Gasteiger partial charge in [0.05, 0.1) is 12.8 Å². The maximum absolute atomic E-state index is 11.6. The Morgan fingerprint density at radius 1 is 1.58 bits per heavy atom. The van der Waals surface area contributed by atoms with Crippen LogP contribution in [-0.2, 0) is 9.53 Å². The molecule has 2 rings (SSSR count). The molecule has 0 saturated carbocycles. The Labute approximate surface area is 115 Å². The monoisotopic (exact) mass is 277 g/mol. The molecule has 100 valence electrons. The van der Waals surface area contributed by atoms with Crippen LogP contribution in [-0.4, -0.2) is 19.6 Å². The van der Waals surface area contributed by atoms with Crippen LogP contribution in [0.25, 0.3) is 6.08 Å². The standard InChI is InChI=1S/C14H15NO3S/c1-17-13(12-3-2-7-18-12)9-15-14(16)5-4-11-6-8-19-10-11/h2-8,10,13H,9H2,1H3,(H,15,16)/b5-4+. The van der Waals surface area contributed by atoms with Gasteiger partial charge in [-0.2, -0.15) is 11.3 Å². The highest BCUT2D eigenvalue weighted by Crippen LogP contribution is 2.15. The van der Waals surface area contributed by atoms with E-state index >= 15 is 0 Å². The number of carbonyl (C=O) groups excluding carboxylic acids is 1. The first-order valence-corrected chi connectivity index (χ1v) is 6.78. The van der Waals surface area contributed by atoms with Gasteiger partial charge in [-0.15, -0.1) is 0 Å². The fourth-order valence-electron chi connectivity index (χ4n) is 1.57. The van der Waals surface area contributed by atoms with Crippen molar-refractivity contribution < 1.29 is 13.9 Å². The van der Waals surface area contributed by atoms with Crippen LogP contribution < -0.4 is 5.32 Å². The molecule has 0 aliphatic carbocycles. The number of ether oxygens (including phenoxy) is 1. The van der Waals surface area contributed by atoms with Crippen LogP contribution >= 0.6 is 11.3 Å². The molecule has 2 aromatic rings. The molecule has 0 aliphatic heterocycles. The minimum atomic E-state index is -0.270. The molecule has 1 atom stereocenters. The summed E-state index contributed by atoms with van der Waals surface area (Å²) in [5.74, 6) is 0.546. The maximum atomic E-state index is 11.6. The molecule has 1 unspecified atom stereocenters. The largest absolute Gasteiger partial charge is 0.467 e. The summed E-state index contributed by atoms with van der Waals surface area (Å²) in [4.78, 5) is 11.6. The third kappa shape index (κ3) is 4.08. The number of carbonyl (C=O) groups is 1. The number of methoxy groups -OCH3 is 1. The Hall–Kier alpha value is -1.85. The van der Waals surface area contributed by atoms with Crippen LogP contribution in [0.3, 0.4) is 0 Å². The molecule has 1 amide bonds. The van der Waals surface area contributed by atoms with E-state index in [1.807, 2.05) is 22.9 Å². The van der Waals surface area contributed by atoms with Crippen molar-refractivity contribution >= 4 is 23.3 Å². The minimum Gasteiger partial charge on any atom is -0.467 e. The van der Waals surface area contributed by atoms with E-state index in [2.05, 4.69) is 5.32 Å². The van der Waals surface area contributed by atoms with Gasteiger partial charge in [-0.25, -0.2) is 0 Å². The van der Waals surface area contributed by atoms with Crippen LogP contribution in [0, 0.1) is 0 Å². The quantitative estimate of drug-likeness (QED) is 0.826. The molecule has 0 saturated heterocycles. The summed E-state index contributed by atoms with van der Waals surface area (Å²) in [5.41, 5.74) is 1.02. The lowest BCUT2D eigenvalue weighted by molar-refractivity contribution is -0.117. The summed E-state index contributed by atoms with van der Waals surface area (Å²) in [5, 5.41) is 6.72. The number of hydrogen-bond acceptors (Lipinski definition) is 4. The number of nitrogens with one attached hydrogen (secondary N) is 1. The van der Waals surface area contributed by atoms with Crippen LogP contribution in [0.5, 0.6) is 0 Å². The van der Waals surface area contributed by atoms with Crippen LogP contribution in [0.15, 0.2) is 45.7 Å². The van der Waals surface area contributed by atoms with Gasteiger partial charge in [-0.3, -0.25) is 4.79 Å². The molecule has 0 fully saturated rings. The van der Waals surface area contributed by atoms with Gasteiger partial charge in [0.1, 0.15) is 11.9 Å². The fraction of sp³-hybridized carbons (Fsp3) is 0.214. The van der Waals surface area contributed by atoms with Crippen molar-refractivity contribution in [3.05, 3.63) is 52.6 Å². The highest BCUT2D eigenvalue weighted by atomic mass is 32.1. The summed E-state index contributed by atoms with van der Waals surface area (Å²) in [6, 6.07) is 5.57. The Morgan fingerprint density at radius 2 is 2.47 bits per heavy atom. The second-order valence-electron chi connectivity index (χ2n) is 3.87. The third-order valence-corrected chi connectivity index (χ3v) is 3.28. The predicted molar refractivity (Wildman–Crippen MR) is 74.8 cm³/mol. The van der Waals surface area contributed by atoms with Gasteiger partial charge >= 0.3 is 0 Å². The first-order chi connectivity index (χ1) is 9.29. The summed E-state index contributed by atoms with van der Waals surface area (Å²) in [6.07, 6.45) is 4.60. The van der Waals surface area contributed by atoms with Crippen LogP contribution in [0.4, 0.5) is 0 Å². The summed E-state index contributed by atoms with van der Waals surface area (Å²) >= 11 is 1.60. The van der Waals surface area contributed by atoms with Gasteiger partial charge in [0, 0.05) is 13.2 Å². The lowest BCUT2D eigenvalue weighted by Crippen LogP contribution is -2.27. The zero-order chi connectivity index (χ0) is 13.5. The predicted octanol–water partition coefficient (Wildman–Crippen LogP) is 2.86. The highest BCUT2D eigenvalue weighted by Gasteiger charge is 2.13. The number of amides is 1. The van der Waals surface area contributed by atoms with E-state index in [4.69, 9.17) is 9.15 Å². The number of hydrogen-bond donors (Lipinski definition) is 1. The van der Waals surface area contributed by atoms with E-state index < -0.39 is 0 Å². The third-order valence-electron chi connectivity index (χ3n) is 2.58. The van der Waals surface area contributed by atoms with Crippen molar-refractivity contribution in [2.45, 2.75) is 6.10 Å². The zero-order valence-corrected chi connectivity index (χ0v) is 11.4. The maximum Gasteiger partial charge on any atom is 0.244 e. The van der Waals surface area contributed by atoms with Gasteiger partial charge in [0.2, 0.25) is 5.91 Å². The lowest BCUT2D eigenvalue weighted by Gasteiger charge is -2.12. The molecule has 2 heterocycles. The van der Waals surface area contributed by atoms with Crippen LogP contribution in [0.2, 0.25) is 0 Å². The Bertz CT molecular complexity index is 517. The molecule has 19 heavy (non-hydrogen) atoms.